The number of esters is 1. The number of ether oxygens (including phenoxy) is 1. The van der Waals surface area contributed by atoms with Crippen LogP contribution >= 0.6 is 11.5 Å². The molecule has 0 aliphatic carbocycles. The van der Waals surface area contributed by atoms with E-state index in [1.54, 1.807) is 0 Å². The Morgan fingerprint density at radius 1 is 1.33 bits per heavy atom. The molecule has 0 spiro atoms. The van der Waals surface area contributed by atoms with E-state index in [-0.39, 0.29) is 5.13 Å². The normalized spacial score (nSPS) is 11.2. The van der Waals surface area contributed by atoms with Gasteiger partial charge in [-0.2, -0.15) is 4.37 Å². The number of carbonyl (C=O) groups is 1. The second kappa shape index (κ2) is 5.69. The average molecular weight is 335 g/mol. The zero-order valence-corrected chi connectivity index (χ0v) is 12.0. The monoisotopic (exact) mass is 335 g/mol. The average Bonchev–Trinajstić information content (AvgIpc) is 2.92. The van der Waals surface area contributed by atoms with Gasteiger partial charge in [0.25, 0.3) is 10.0 Å². The van der Waals surface area contributed by atoms with Gasteiger partial charge in [0, 0.05) is 11.5 Å². The van der Waals surface area contributed by atoms with Crippen LogP contribution in [0, 0.1) is 11.6 Å². The maximum atomic E-state index is 13.8. The number of hydrogen-bond acceptors (Lipinski definition) is 7. The molecule has 0 amide bonds. The van der Waals surface area contributed by atoms with Crippen LogP contribution in [0.25, 0.3) is 0 Å². The van der Waals surface area contributed by atoms with E-state index >= 15 is 0 Å². The number of nitrogens with one attached hydrogen (secondary N) is 1. The molecule has 2 rings (SSSR count). The van der Waals surface area contributed by atoms with Crippen LogP contribution in [0.4, 0.5) is 13.9 Å². The van der Waals surface area contributed by atoms with Gasteiger partial charge in [-0.1, -0.05) is 0 Å². The SMILES string of the molecule is COC(=O)c1cc(F)c(S(=O)(=O)Nc2ncns2)cc1F. The molecule has 0 aliphatic rings. The second-order valence-corrected chi connectivity index (χ2v) is 6.04. The molecule has 0 unspecified atom stereocenters. The third-order valence-electron chi connectivity index (χ3n) is 2.30. The summed E-state index contributed by atoms with van der Waals surface area (Å²) in [6.07, 6.45) is 1.10. The van der Waals surface area contributed by atoms with Crippen LogP contribution < -0.4 is 4.72 Å². The molecule has 0 radical (unpaired) electrons. The smallest absolute Gasteiger partial charge is 0.340 e. The van der Waals surface area contributed by atoms with E-state index in [2.05, 4.69) is 14.1 Å². The zero-order valence-electron chi connectivity index (χ0n) is 10.3. The summed E-state index contributed by atoms with van der Waals surface area (Å²) in [5.74, 6) is -3.64. The van der Waals surface area contributed by atoms with Crippen molar-refractivity contribution in [2.45, 2.75) is 4.90 Å². The number of hydrogen-bond donors (Lipinski definition) is 1. The van der Waals surface area contributed by atoms with Crippen molar-refractivity contribution in [3.8, 4) is 0 Å². The van der Waals surface area contributed by atoms with Crippen LogP contribution in [0.15, 0.2) is 23.4 Å². The molecule has 0 atom stereocenters. The molecule has 1 aromatic carbocycles. The molecular weight excluding hydrogens is 328 g/mol. The highest BCUT2D eigenvalue weighted by Crippen LogP contribution is 2.22. The van der Waals surface area contributed by atoms with Crippen molar-refractivity contribution < 1.29 is 26.7 Å². The molecule has 2 aromatic rings. The van der Waals surface area contributed by atoms with Crippen LogP contribution in [-0.2, 0) is 14.8 Å². The molecule has 0 saturated heterocycles. The molecule has 0 fully saturated rings. The van der Waals surface area contributed by atoms with Crippen molar-refractivity contribution in [3.05, 3.63) is 35.7 Å². The fraction of sp³-hybridized carbons (Fsp3) is 0.100. The van der Waals surface area contributed by atoms with E-state index in [9.17, 15) is 22.0 Å². The minimum absolute atomic E-state index is 0.105. The maximum absolute atomic E-state index is 13.8. The Labute approximate surface area is 121 Å². The van der Waals surface area contributed by atoms with Crippen molar-refractivity contribution >= 4 is 32.7 Å². The number of anilines is 1. The molecule has 0 saturated carbocycles. The van der Waals surface area contributed by atoms with Gasteiger partial charge in [0.1, 0.15) is 22.9 Å². The lowest BCUT2D eigenvalue weighted by Crippen LogP contribution is -2.16. The highest BCUT2D eigenvalue weighted by Gasteiger charge is 2.25. The molecule has 1 N–H and O–H groups in total. The number of rotatable bonds is 4. The van der Waals surface area contributed by atoms with E-state index in [1.165, 1.54) is 0 Å². The molecule has 112 valence electrons. The van der Waals surface area contributed by atoms with E-state index < -0.39 is 38.1 Å². The highest BCUT2D eigenvalue weighted by molar-refractivity contribution is 7.93. The first-order valence-corrected chi connectivity index (χ1v) is 7.47. The van der Waals surface area contributed by atoms with Crippen molar-refractivity contribution in [1.29, 1.82) is 0 Å². The van der Waals surface area contributed by atoms with Gasteiger partial charge in [-0.25, -0.2) is 27.0 Å². The number of aromatic nitrogens is 2. The Hall–Kier alpha value is -2.14. The largest absolute Gasteiger partial charge is 0.465 e. The number of carbonyl (C=O) groups excluding carboxylic acids is 1. The summed E-state index contributed by atoms with van der Waals surface area (Å²) in [6, 6.07) is 0.848. The highest BCUT2D eigenvalue weighted by atomic mass is 32.2. The number of methoxy groups -OCH3 is 1. The number of nitrogens with zero attached hydrogens (tertiary/aromatic N) is 2. The van der Waals surface area contributed by atoms with Gasteiger partial charge in [-0.15, -0.1) is 0 Å². The molecule has 7 nitrogen and oxygen atoms in total. The first kappa shape index (κ1) is 15.3. The Bertz CT molecular complexity index is 778. The van der Waals surface area contributed by atoms with Gasteiger partial charge < -0.3 is 4.74 Å². The summed E-state index contributed by atoms with van der Waals surface area (Å²) in [4.78, 5) is 13.8. The number of benzene rings is 1. The Kier molecular flexibility index (Phi) is 4.14. The summed E-state index contributed by atoms with van der Waals surface area (Å²) in [7, 11) is -3.41. The standard InChI is InChI=1S/C10H7F2N3O4S2/c1-19-9(16)5-2-7(12)8(3-6(5)11)21(17,18)15-10-13-4-14-20-10/h2-4H,1H3,(H,13,14,15). The molecule has 0 aliphatic heterocycles. The van der Waals surface area contributed by atoms with Crippen molar-refractivity contribution in [2.75, 3.05) is 11.8 Å². The Balaban J connectivity index is 2.45. The summed E-state index contributed by atoms with van der Waals surface area (Å²) in [5, 5.41) is -0.105. The van der Waals surface area contributed by atoms with Gasteiger partial charge in [0.05, 0.1) is 12.7 Å². The van der Waals surface area contributed by atoms with Crippen LogP contribution in [0.5, 0.6) is 0 Å². The third kappa shape index (κ3) is 3.13. The lowest BCUT2D eigenvalue weighted by Gasteiger charge is -2.08. The predicted octanol–water partition coefficient (Wildman–Crippen LogP) is 1.40. The first-order chi connectivity index (χ1) is 9.85. The molecule has 0 bridgehead atoms. The Morgan fingerprint density at radius 3 is 2.62 bits per heavy atom. The summed E-state index contributed by atoms with van der Waals surface area (Å²) in [6.45, 7) is 0. The van der Waals surface area contributed by atoms with Crippen molar-refractivity contribution in [1.82, 2.24) is 9.36 Å². The summed E-state index contributed by atoms with van der Waals surface area (Å²) in [5.41, 5.74) is -0.704. The summed E-state index contributed by atoms with van der Waals surface area (Å²) >= 11 is 0.724. The lowest BCUT2D eigenvalue weighted by molar-refractivity contribution is 0.0594. The van der Waals surface area contributed by atoms with Crippen LogP contribution in [0.2, 0.25) is 0 Å². The molecular formula is C10H7F2N3O4S2. The maximum Gasteiger partial charge on any atom is 0.340 e. The van der Waals surface area contributed by atoms with Crippen LogP contribution in [-0.4, -0.2) is 30.9 Å². The predicted molar refractivity (Wildman–Crippen MR) is 68.4 cm³/mol. The van der Waals surface area contributed by atoms with E-state index in [1.807, 2.05) is 4.72 Å². The van der Waals surface area contributed by atoms with E-state index in [4.69, 9.17) is 0 Å². The zero-order chi connectivity index (χ0) is 15.6. The molecule has 11 heteroatoms. The van der Waals surface area contributed by atoms with Gasteiger partial charge >= 0.3 is 5.97 Å². The van der Waals surface area contributed by atoms with Gasteiger partial charge in [-0.3, -0.25) is 4.72 Å². The molecule has 21 heavy (non-hydrogen) atoms. The lowest BCUT2D eigenvalue weighted by atomic mass is 10.2. The number of halogens is 2. The van der Waals surface area contributed by atoms with Gasteiger partial charge in [-0.05, 0) is 12.1 Å². The minimum atomic E-state index is -4.39. The van der Waals surface area contributed by atoms with E-state index in [0.29, 0.717) is 12.1 Å². The quantitative estimate of drug-likeness (QED) is 0.848. The van der Waals surface area contributed by atoms with Crippen molar-refractivity contribution in [3.63, 3.8) is 0 Å². The fourth-order valence-electron chi connectivity index (χ4n) is 1.39. The van der Waals surface area contributed by atoms with Gasteiger partial charge in [0.2, 0.25) is 5.13 Å². The first-order valence-electron chi connectivity index (χ1n) is 5.22. The molecule has 1 aromatic heterocycles. The second-order valence-electron chi connectivity index (χ2n) is 3.61. The number of sulfonamides is 1. The van der Waals surface area contributed by atoms with Crippen LogP contribution in [0.1, 0.15) is 10.4 Å². The van der Waals surface area contributed by atoms with Gasteiger partial charge in [0.15, 0.2) is 0 Å². The Morgan fingerprint density at radius 2 is 2.05 bits per heavy atom. The van der Waals surface area contributed by atoms with Crippen molar-refractivity contribution in [2.24, 2.45) is 0 Å². The molecule has 1 heterocycles. The van der Waals surface area contributed by atoms with E-state index in [0.717, 1.165) is 25.0 Å². The van der Waals surface area contributed by atoms with Crippen LogP contribution in [0.3, 0.4) is 0 Å². The minimum Gasteiger partial charge on any atom is -0.465 e. The fourth-order valence-corrected chi connectivity index (χ4v) is 3.12. The topological polar surface area (TPSA) is 98.2 Å². The third-order valence-corrected chi connectivity index (χ3v) is 4.36. The summed E-state index contributed by atoms with van der Waals surface area (Å²) < 4.78 is 61.1.